The van der Waals surface area contributed by atoms with E-state index in [1.165, 1.54) is 23.0 Å². The summed E-state index contributed by atoms with van der Waals surface area (Å²) in [5.74, 6) is -0.479. The number of benzene rings is 3. The van der Waals surface area contributed by atoms with Crippen molar-refractivity contribution in [3.8, 4) is 17.2 Å². The van der Waals surface area contributed by atoms with E-state index in [0.29, 0.717) is 43.2 Å². The molecule has 0 spiro atoms. The van der Waals surface area contributed by atoms with E-state index in [-0.39, 0.29) is 23.5 Å². The number of aliphatic carboxylic acids is 1. The number of rotatable bonds is 10. The number of aromatic nitrogens is 1. The maximum Gasteiger partial charge on any atom is 0.341 e. The van der Waals surface area contributed by atoms with Crippen LogP contribution >= 0.6 is 11.3 Å². The van der Waals surface area contributed by atoms with Crippen molar-refractivity contribution in [2.24, 2.45) is 4.99 Å². The quantitative estimate of drug-likeness (QED) is 0.275. The Hall–Kier alpha value is -5.16. The van der Waals surface area contributed by atoms with E-state index in [2.05, 4.69) is 0 Å². The number of fused-ring (bicyclic) bond motifs is 1. The Morgan fingerprint density at radius 1 is 1.00 bits per heavy atom. The third-order valence-corrected chi connectivity index (χ3v) is 7.62. The number of esters is 1. The van der Waals surface area contributed by atoms with Gasteiger partial charge in [-0.25, -0.2) is 14.6 Å². The second-order valence-electron chi connectivity index (χ2n) is 9.30. The molecule has 43 heavy (non-hydrogen) atoms. The predicted octanol–water partition coefficient (Wildman–Crippen LogP) is 3.42. The predicted molar refractivity (Wildman–Crippen MR) is 160 cm³/mol. The van der Waals surface area contributed by atoms with Gasteiger partial charge in [0.1, 0.15) is 5.75 Å². The van der Waals surface area contributed by atoms with Gasteiger partial charge in [0.05, 0.1) is 42.7 Å². The molecule has 0 saturated carbocycles. The van der Waals surface area contributed by atoms with Gasteiger partial charge >= 0.3 is 11.9 Å². The van der Waals surface area contributed by atoms with E-state index in [9.17, 15) is 14.4 Å². The van der Waals surface area contributed by atoms with Crippen LogP contribution in [0, 0.1) is 0 Å². The van der Waals surface area contributed by atoms with Crippen LogP contribution in [0.15, 0.2) is 88.2 Å². The van der Waals surface area contributed by atoms with Crippen LogP contribution in [-0.2, 0) is 14.3 Å². The zero-order chi connectivity index (χ0) is 30.5. The van der Waals surface area contributed by atoms with E-state index in [4.69, 9.17) is 29.0 Å². The number of nitrogens with zero attached hydrogens (tertiary/aromatic N) is 2. The van der Waals surface area contributed by atoms with Crippen LogP contribution in [0.3, 0.4) is 0 Å². The first-order valence-electron chi connectivity index (χ1n) is 13.3. The second kappa shape index (κ2) is 12.8. The highest BCUT2D eigenvalue weighted by molar-refractivity contribution is 7.07. The van der Waals surface area contributed by atoms with Crippen molar-refractivity contribution < 1.29 is 33.6 Å². The standard InChI is InChI=1S/C32H28N2O8S/c1-4-41-31(38)27-28(20-8-6-5-7-9-20)33-32-34(29(27)21-11-13-22(39-2)14-12-21)30(37)25(43-32)17-19-10-15-23(24(16-19)40-3)42-18-26(35)36/h5-17,29H,4,18H2,1-3H3,(H,35,36)/b25-17+/t29-/m1/s1. The van der Waals surface area contributed by atoms with Crippen LogP contribution < -0.4 is 29.1 Å². The number of carboxylic acids is 1. The fourth-order valence-corrected chi connectivity index (χ4v) is 5.73. The van der Waals surface area contributed by atoms with Crippen LogP contribution in [0.25, 0.3) is 11.8 Å². The minimum atomic E-state index is -1.12. The van der Waals surface area contributed by atoms with Gasteiger partial charge in [0.2, 0.25) is 0 Å². The van der Waals surface area contributed by atoms with Gasteiger partial charge in [-0.3, -0.25) is 9.36 Å². The van der Waals surface area contributed by atoms with E-state index in [1.54, 1.807) is 50.4 Å². The molecule has 1 N–H and O–H groups in total. The van der Waals surface area contributed by atoms with Crippen LogP contribution in [0.4, 0.5) is 0 Å². The molecule has 1 aliphatic heterocycles. The van der Waals surface area contributed by atoms with Crippen molar-refractivity contribution in [3.63, 3.8) is 0 Å². The summed E-state index contributed by atoms with van der Waals surface area (Å²) in [6, 6.07) is 20.6. The first-order chi connectivity index (χ1) is 20.8. The number of carboxylic acid groups (broad SMARTS) is 1. The van der Waals surface area contributed by atoms with E-state index in [1.807, 2.05) is 42.5 Å². The number of methoxy groups -OCH3 is 2. The van der Waals surface area contributed by atoms with Gasteiger partial charge in [0, 0.05) is 5.56 Å². The second-order valence-corrected chi connectivity index (χ2v) is 10.3. The first kappa shape index (κ1) is 29.3. The summed E-state index contributed by atoms with van der Waals surface area (Å²) in [7, 11) is 3.01. The number of thiazole rings is 1. The summed E-state index contributed by atoms with van der Waals surface area (Å²) in [6.07, 6.45) is 1.69. The van der Waals surface area contributed by atoms with Crippen LogP contribution in [-0.4, -0.2) is 49.0 Å². The molecule has 4 aromatic rings. The van der Waals surface area contributed by atoms with Gasteiger partial charge in [-0.2, -0.15) is 0 Å². The molecule has 0 fully saturated rings. The molecule has 2 heterocycles. The monoisotopic (exact) mass is 600 g/mol. The van der Waals surface area contributed by atoms with E-state index >= 15 is 0 Å². The molecule has 5 rings (SSSR count). The lowest BCUT2D eigenvalue weighted by Gasteiger charge is -2.26. The summed E-state index contributed by atoms with van der Waals surface area (Å²) in [4.78, 5) is 43.8. The summed E-state index contributed by atoms with van der Waals surface area (Å²) in [5.41, 5.74) is 2.35. The topological polar surface area (TPSA) is 126 Å². The van der Waals surface area contributed by atoms with Gasteiger partial charge in [-0.1, -0.05) is 59.9 Å². The average molecular weight is 601 g/mol. The van der Waals surface area contributed by atoms with Gasteiger partial charge in [0.15, 0.2) is 22.9 Å². The van der Waals surface area contributed by atoms with Crippen molar-refractivity contribution >= 4 is 35.0 Å². The third kappa shape index (κ3) is 6.07. The van der Waals surface area contributed by atoms with Gasteiger partial charge in [-0.15, -0.1) is 0 Å². The highest BCUT2D eigenvalue weighted by Crippen LogP contribution is 2.36. The maximum absolute atomic E-state index is 14.1. The summed E-state index contributed by atoms with van der Waals surface area (Å²) < 4.78 is 23.4. The smallest absolute Gasteiger partial charge is 0.341 e. The SMILES string of the molecule is CCOC(=O)C1=C(c2ccccc2)N=c2s/c(=C/c3ccc(OCC(=O)O)c(OC)c3)c(=O)n2[C@@H]1c1ccc(OC)cc1. The maximum atomic E-state index is 14.1. The molecule has 1 aliphatic rings. The van der Waals surface area contributed by atoms with Crippen molar-refractivity contribution in [2.45, 2.75) is 13.0 Å². The minimum Gasteiger partial charge on any atom is -0.497 e. The van der Waals surface area contributed by atoms with Gasteiger partial charge in [-0.05, 0) is 48.4 Å². The number of ether oxygens (including phenoxy) is 4. The molecule has 3 aromatic carbocycles. The molecule has 0 saturated heterocycles. The zero-order valence-corrected chi connectivity index (χ0v) is 24.4. The number of carbonyl (C=O) groups excluding carboxylic acids is 1. The Morgan fingerprint density at radius 2 is 1.74 bits per heavy atom. The lowest BCUT2D eigenvalue weighted by Crippen LogP contribution is -2.40. The highest BCUT2D eigenvalue weighted by Gasteiger charge is 2.35. The Bertz CT molecular complexity index is 1880. The molecule has 0 aliphatic carbocycles. The molecule has 0 amide bonds. The van der Waals surface area contributed by atoms with Gasteiger partial charge < -0.3 is 24.1 Å². The van der Waals surface area contributed by atoms with Crippen LogP contribution in [0.2, 0.25) is 0 Å². The van der Waals surface area contributed by atoms with E-state index in [0.717, 1.165) is 0 Å². The van der Waals surface area contributed by atoms with Crippen molar-refractivity contribution in [1.82, 2.24) is 4.57 Å². The average Bonchev–Trinajstić information content (AvgIpc) is 3.34. The molecule has 0 unspecified atom stereocenters. The van der Waals surface area contributed by atoms with Crippen molar-refractivity contribution in [2.75, 3.05) is 27.4 Å². The molecule has 0 radical (unpaired) electrons. The Kier molecular flexibility index (Phi) is 8.72. The number of hydrogen-bond acceptors (Lipinski definition) is 9. The molecule has 1 aromatic heterocycles. The lowest BCUT2D eigenvalue weighted by atomic mass is 9.93. The van der Waals surface area contributed by atoms with Crippen LogP contribution in [0.1, 0.15) is 29.7 Å². The summed E-state index contributed by atoms with van der Waals surface area (Å²) in [5, 5.41) is 8.95. The fourth-order valence-electron chi connectivity index (χ4n) is 4.73. The first-order valence-corrected chi connectivity index (χ1v) is 14.1. The summed E-state index contributed by atoms with van der Waals surface area (Å²) >= 11 is 1.19. The normalized spacial score (nSPS) is 14.5. The molecule has 11 heteroatoms. The van der Waals surface area contributed by atoms with Gasteiger partial charge in [0.25, 0.3) is 5.56 Å². The largest absolute Gasteiger partial charge is 0.497 e. The lowest BCUT2D eigenvalue weighted by molar-refractivity contribution is -0.140. The Labute approximate surface area is 250 Å². The highest BCUT2D eigenvalue weighted by atomic mass is 32.1. The third-order valence-electron chi connectivity index (χ3n) is 6.64. The van der Waals surface area contributed by atoms with Crippen molar-refractivity contribution in [3.05, 3.63) is 115 Å². The molecule has 0 bridgehead atoms. The Balaban J connectivity index is 1.72. The fraction of sp³-hybridized carbons (Fsp3) is 0.188. The molecular formula is C32H28N2O8S. The number of carbonyl (C=O) groups is 2. The van der Waals surface area contributed by atoms with Crippen molar-refractivity contribution in [1.29, 1.82) is 0 Å². The molecule has 1 atom stereocenters. The summed E-state index contributed by atoms with van der Waals surface area (Å²) in [6.45, 7) is 1.36. The molecular weight excluding hydrogens is 572 g/mol. The molecule has 10 nitrogen and oxygen atoms in total. The molecule has 220 valence electrons. The zero-order valence-electron chi connectivity index (χ0n) is 23.6. The van der Waals surface area contributed by atoms with Crippen LogP contribution in [0.5, 0.6) is 17.2 Å². The van der Waals surface area contributed by atoms with E-state index < -0.39 is 24.6 Å². The number of hydrogen-bond donors (Lipinski definition) is 1. The Morgan fingerprint density at radius 3 is 2.40 bits per heavy atom. The minimum absolute atomic E-state index is 0.151.